The van der Waals surface area contributed by atoms with Crippen LogP contribution in [0.5, 0.6) is 11.5 Å². The first-order valence-electron chi connectivity index (χ1n) is 5.51. The van der Waals surface area contributed by atoms with Crippen LogP contribution in [0.15, 0.2) is 12.1 Å². The molecule has 86 valence electrons. The Morgan fingerprint density at radius 1 is 1.25 bits per heavy atom. The smallest absolute Gasteiger partial charge is 0.166 e. The highest BCUT2D eigenvalue weighted by molar-refractivity contribution is 5.54. The fraction of sp³-hybridized carbons (Fsp3) is 0.500. The molecule has 1 aromatic rings. The van der Waals surface area contributed by atoms with Gasteiger partial charge in [-0.05, 0) is 30.5 Å². The second kappa shape index (κ2) is 3.35. The van der Waals surface area contributed by atoms with Crippen LogP contribution in [-0.2, 0) is 12.2 Å². The zero-order valence-electron chi connectivity index (χ0n) is 8.96. The van der Waals surface area contributed by atoms with Crippen LogP contribution < -0.4 is 15.2 Å². The lowest BCUT2D eigenvalue weighted by molar-refractivity contribution is 0.168. The monoisotopic (exact) mass is 223 g/mol. The highest BCUT2D eigenvalue weighted by Crippen LogP contribution is 2.50. The molecule has 0 amide bonds. The first kappa shape index (κ1) is 9.90. The van der Waals surface area contributed by atoms with E-state index >= 15 is 0 Å². The minimum atomic E-state index is -0.500. The summed E-state index contributed by atoms with van der Waals surface area (Å²) in [4.78, 5) is 0. The maximum absolute atomic E-state index is 12.7. The van der Waals surface area contributed by atoms with Crippen molar-refractivity contribution in [1.82, 2.24) is 0 Å². The molecule has 0 unspecified atom stereocenters. The van der Waals surface area contributed by atoms with Crippen LogP contribution in [0, 0.1) is 0 Å². The molecule has 3 rings (SSSR count). The molecule has 0 spiro atoms. The van der Waals surface area contributed by atoms with E-state index in [9.17, 15) is 4.39 Å². The van der Waals surface area contributed by atoms with Crippen molar-refractivity contribution in [1.29, 1.82) is 0 Å². The van der Waals surface area contributed by atoms with Gasteiger partial charge in [-0.1, -0.05) is 0 Å². The molecule has 0 atom stereocenters. The zero-order chi connectivity index (χ0) is 11.2. The number of ether oxygens (including phenoxy) is 2. The summed E-state index contributed by atoms with van der Waals surface area (Å²) in [6.45, 7) is 0.546. The molecule has 1 saturated carbocycles. The summed E-state index contributed by atoms with van der Waals surface area (Å²) in [5, 5.41) is 0. The number of alkyl halides is 1. The van der Waals surface area contributed by atoms with Crippen LogP contribution in [0.25, 0.3) is 0 Å². The molecule has 0 aromatic heterocycles. The van der Waals surface area contributed by atoms with Gasteiger partial charge in [0, 0.05) is 11.1 Å². The number of hydrogen-bond donors (Lipinski definition) is 1. The highest BCUT2D eigenvalue weighted by Gasteiger charge is 2.43. The summed E-state index contributed by atoms with van der Waals surface area (Å²) < 4.78 is 23.8. The van der Waals surface area contributed by atoms with Crippen molar-refractivity contribution in [3.05, 3.63) is 23.3 Å². The topological polar surface area (TPSA) is 44.5 Å². The third-order valence-corrected chi connectivity index (χ3v) is 3.18. The van der Waals surface area contributed by atoms with Gasteiger partial charge in [0.25, 0.3) is 0 Å². The van der Waals surface area contributed by atoms with Crippen molar-refractivity contribution in [3.63, 3.8) is 0 Å². The summed E-state index contributed by atoms with van der Waals surface area (Å²) in [7, 11) is 0. The largest absolute Gasteiger partial charge is 0.486 e. The molecule has 0 saturated heterocycles. The summed E-state index contributed by atoms with van der Waals surface area (Å²) >= 11 is 0. The normalized spacial score (nSPS) is 20.6. The number of benzene rings is 1. The van der Waals surface area contributed by atoms with E-state index < -0.39 is 6.67 Å². The Morgan fingerprint density at radius 2 is 2.00 bits per heavy atom. The lowest BCUT2D eigenvalue weighted by Crippen LogP contribution is -2.24. The maximum atomic E-state index is 12.7. The van der Waals surface area contributed by atoms with E-state index in [1.165, 1.54) is 0 Å². The van der Waals surface area contributed by atoms with Crippen molar-refractivity contribution in [3.8, 4) is 11.5 Å². The Balaban J connectivity index is 2.13. The molecule has 16 heavy (non-hydrogen) atoms. The standard InChI is InChI=1S/C12H14FNO2/c13-7-8-5-9(12(14)1-2-12)11-10(6-8)15-3-4-16-11/h5-6H,1-4,7,14H2. The fourth-order valence-electron chi connectivity index (χ4n) is 2.06. The van der Waals surface area contributed by atoms with Crippen LogP contribution in [-0.4, -0.2) is 13.2 Å². The van der Waals surface area contributed by atoms with Crippen molar-refractivity contribution >= 4 is 0 Å². The van der Waals surface area contributed by atoms with Crippen LogP contribution in [0.4, 0.5) is 4.39 Å². The molecule has 1 heterocycles. The molecule has 0 bridgehead atoms. The van der Waals surface area contributed by atoms with Gasteiger partial charge in [-0.3, -0.25) is 0 Å². The van der Waals surface area contributed by atoms with Gasteiger partial charge in [-0.2, -0.15) is 0 Å². The van der Waals surface area contributed by atoms with Gasteiger partial charge in [0.2, 0.25) is 0 Å². The fourth-order valence-corrected chi connectivity index (χ4v) is 2.06. The minimum Gasteiger partial charge on any atom is -0.486 e. The predicted molar refractivity (Wildman–Crippen MR) is 57.3 cm³/mol. The number of rotatable bonds is 2. The number of hydrogen-bond acceptors (Lipinski definition) is 3. The van der Waals surface area contributed by atoms with Gasteiger partial charge in [0.15, 0.2) is 11.5 Å². The zero-order valence-corrected chi connectivity index (χ0v) is 8.96. The van der Waals surface area contributed by atoms with E-state index in [1.54, 1.807) is 12.1 Å². The molecule has 1 aromatic carbocycles. The van der Waals surface area contributed by atoms with Crippen LogP contribution >= 0.6 is 0 Å². The van der Waals surface area contributed by atoms with E-state index in [4.69, 9.17) is 15.2 Å². The van der Waals surface area contributed by atoms with E-state index in [0.717, 1.165) is 18.4 Å². The van der Waals surface area contributed by atoms with Gasteiger partial charge in [-0.15, -0.1) is 0 Å². The van der Waals surface area contributed by atoms with Gasteiger partial charge in [0.1, 0.15) is 19.9 Å². The summed E-state index contributed by atoms with van der Waals surface area (Å²) in [6.07, 6.45) is 1.86. The Labute approximate surface area is 93.3 Å². The number of halogens is 1. The molecule has 3 nitrogen and oxygen atoms in total. The Morgan fingerprint density at radius 3 is 2.69 bits per heavy atom. The van der Waals surface area contributed by atoms with E-state index in [-0.39, 0.29) is 5.54 Å². The number of fused-ring (bicyclic) bond motifs is 1. The summed E-state index contributed by atoms with van der Waals surface area (Å²) in [6, 6.07) is 3.50. The van der Waals surface area contributed by atoms with E-state index in [1.807, 2.05) is 0 Å². The van der Waals surface area contributed by atoms with Gasteiger partial charge < -0.3 is 15.2 Å². The first-order chi connectivity index (χ1) is 7.73. The molecule has 2 N–H and O–H groups in total. The highest BCUT2D eigenvalue weighted by atomic mass is 19.1. The van der Waals surface area contributed by atoms with Crippen molar-refractivity contribution in [2.24, 2.45) is 5.73 Å². The number of nitrogens with two attached hydrogens (primary N) is 1. The molecule has 1 fully saturated rings. The van der Waals surface area contributed by atoms with Gasteiger partial charge in [-0.25, -0.2) is 4.39 Å². The average Bonchev–Trinajstić information content (AvgIpc) is 3.07. The van der Waals surface area contributed by atoms with Gasteiger partial charge >= 0.3 is 0 Å². The van der Waals surface area contributed by atoms with Gasteiger partial charge in [0.05, 0.1) is 0 Å². The predicted octanol–water partition coefficient (Wildman–Crippen LogP) is 1.88. The summed E-state index contributed by atoms with van der Waals surface area (Å²) in [5.74, 6) is 1.34. The lowest BCUT2D eigenvalue weighted by atomic mass is 10.0. The molecular formula is C12H14FNO2. The molecule has 2 aliphatic rings. The Bertz CT molecular complexity index is 429. The summed E-state index contributed by atoms with van der Waals surface area (Å²) in [5.41, 5.74) is 7.34. The van der Waals surface area contributed by atoms with Crippen molar-refractivity contribution in [2.45, 2.75) is 25.1 Å². The lowest BCUT2D eigenvalue weighted by Gasteiger charge is -2.24. The molecule has 4 heteroatoms. The minimum absolute atomic E-state index is 0.323. The molecule has 1 aliphatic heterocycles. The first-order valence-corrected chi connectivity index (χ1v) is 5.51. The molecular weight excluding hydrogens is 209 g/mol. The third-order valence-electron chi connectivity index (χ3n) is 3.18. The van der Waals surface area contributed by atoms with Crippen molar-refractivity contribution < 1.29 is 13.9 Å². The van der Waals surface area contributed by atoms with E-state index in [0.29, 0.717) is 30.3 Å². The molecule has 1 aliphatic carbocycles. The quantitative estimate of drug-likeness (QED) is 0.832. The Hall–Kier alpha value is -1.29. The third kappa shape index (κ3) is 1.45. The SMILES string of the molecule is NC1(c2cc(CF)cc3c2OCCO3)CC1. The van der Waals surface area contributed by atoms with E-state index in [2.05, 4.69) is 0 Å². The maximum Gasteiger partial charge on any atom is 0.166 e. The van der Waals surface area contributed by atoms with Crippen LogP contribution in [0.2, 0.25) is 0 Å². The van der Waals surface area contributed by atoms with Crippen LogP contribution in [0.3, 0.4) is 0 Å². The Kier molecular flexibility index (Phi) is 2.07. The molecule has 0 radical (unpaired) electrons. The van der Waals surface area contributed by atoms with Crippen molar-refractivity contribution in [2.75, 3.05) is 13.2 Å². The second-order valence-corrected chi connectivity index (χ2v) is 4.46. The van der Waals surface area contributed by atoms with Crippen LogP contribution in [0.1, 0.15) is 24.0 Å². The average molecular weight is 223 g/mol. The second-order valence-electron chi connectivity index (χ2n) is 4.46.